The molecule has 5 heteroatoms. The van der Waals surface area contributed by atoms with Gasteiger partial charge in [0.15, 0.2) is 0 Å². The second-order valence-electron chi connectivity index (χ2n) is 12.1. The van der Waals surface area contributed by atoms with Crippen LogP contribution >= 0.6 is 0 Å². The molecule has 0 radical (unpaired) electrons. The summed E-state index contributed by atoms with van der Waals surface area (Å²) in [6, 6.07) is 0. The van der Waals surface area contributed by atoms with Crippen LogP contribution in [0.2, 0.25) is 0 Å². The van der Waals surface area contributed by atoms with Gasteiger partial charge in [-0.05, 0) is 75.5 Å². The predicted molar refractivity (Wildman–Crippen MR) is 150 cm³/mol. The van der Waals surface area contributed by atoms with E-state index in [1.165, 1.54) is 77.0 Å². The Morgan fingerprint density at radius 2 is 1.32 bits per heavy atom. The van der Waals surface area contributed by atoms with Gasteiger partial charge in [-0.2, -0.15) is 0 Å². The van der Waals surface area contributed by atoms with Crippen LogP contribution < -0.4 is 0 Å². The Morgan fingerprint density at radius 3 is 1.78 bits per heavy atom. The highest BCUT2D eigenvalue weighted by molar-refractivity contribution is 5.88. The Morgan fingerprint density at radius 1 is 0.811 bits per heavy atom. The van der Waals surface area contributed by atoms with Crippen LogP contribution in [0.3, 0.4) is 0 Å². The van der Waals surface area contributed by atoms with Crippen molar-refractivity contribution in [3.8, 4) is 0 Å². The topological polar surface area (TPSA) is 72.8 Å². The summed E-state index contributed by atoms with van der Waals surface area (Å²) in [6.07, 6.45) is 19.2. The summed E-state index contributed by atoms with van der Waals surface area (Å²) in [5, 5.41) is 9.20. The standard InChI is InChI=1S/C32H54O5/c1-6-8-9-10-26-11-15-28(16-12-26)29-17-13-27(14-18-29)19-20-32(7-2,22-36-30(34)24(3)4)23-37-31(35)25(5)21-33/h26-29,33H,3,5-23H2,1-2,4H3. The summed E-state index contributed by atoms with van der Waals surface area (Å²) in [4.78, 5) is 24.3. The number of aliphatic hydroxyl groups excluding tert-OH is 1. The molecule has 2 aliphatic carbocycles. The van der Waals surface area contributed by atoms with E-state index >= 15 is 0 Å². The van der Waals surface area contributed by atoms with Crippen molar-refractivity contribution in [3.05, 3.63) is 24.3 Å². The molecule has 0 aromatic rings. The van der Waals surface area contributed by atoms with Crippen molar-refractivity contribution in [2.75, 3.05) is 19.8 Å². The smallest absolute Gasteiger partial charge is 0.335 e. The largest absolute Gasteiger partial charge is 0.462 e. The molecule has 1 unspecified atom stereocenters. The predicted octanol–water partition coefficient (Wildman–Crippen LogP) is 7.57. The first-order chi connectivity index (χ1) is 17.7. The summed E-state index contributed by atoms with van der Waals surface area (Å²) < 4.78 is 11.1. The van der Waals surface area contributed by atoms with E-state index < -0.39 is 24.0 Å². The van der Waals surface area contributed by atoms with Crippen molar-refractivity contribution in [1.29, 1.82) is 0 Å². The van der Waals surface area contributed by atoms with Crippen molar-refractivity contribution < 1.29 is 24.2 Å². The van der Waals surface area contributed by atoms with Crippen LogP contribution in [0.4, 0.5) is 0 Å². The summed E-state index contributed by atoms with van der Waals surface area (Å²) in [7, 11) is 0. The van der Waals surface area contributed by atoms with Gasteiger partial charge in [0.05, 0.1) is 12.2 Å². The quantitative estimate of drug-likeness (QED) is 0.130. The lowest BCUT2D eigenvalue weighted by molar-refractivity contribution is -0.150. The number of aliphatic hydroxyl groups is 1. The van der Waals surface area contributed by atoms with Crippen LogP contribution in [0, 0.1) is 29.1 Å². The Balaban J connectivity index is 1.84. The number of hydrogen-bond acceptors (Lipinski definition) is 5. The van der Waals surface area contributed by atoms with Gasteiger partial charge in [0.25, 0.3) is 0 Å². The second-order valence-corrected chi connectivity index (χ2v) is 12.1. The first-order valence-corrected chi connectivity index (χ1v) is 15.0. The van der Waals surface area contributed by atoms with E-state index in [1.54, 1.807) is 6.92 Å². The van der Waals surface area contributed by atoms with Gasteiger partial charge in [-0.25, -0.2) is 9.59 Å². The van der Waals surface area contributed by atoms with Gasteiger partial charge in [-0.3, -0.25) is 0 Å². The number of ether oxygens (including phenoxy) is 2. The van der Waals surface area contributed by atoms with Crippen molar-refractivity contribution in [2.45, 2.75) is 117 Å². The lowest BCUT2D eigenvalue weighted by Gasteiger charge is -2.39. The number of unbranched alkanes of at least 4 members (excludes halogenated alkanes) is 2. The molecular formula is C32H54O5. The SMILES string of the molecule is C=C(C)C(=O)OCC(CC)(CCC1CCC(C2CCC(CCCCC)CC2)CC1)COC(=O)C(=C)CO. The third kappa shape index (κ3) is 10.6. The summed E-state index contributed by atoms with van der Waals surface area (Å²) in [6.45, 7) is 13.1. The molecule has 0 bridgehead atoms. The van der Waals surface area contributed by atoms with E-state index in [-0.39, 0.29) is 18.8 Å². The van der Waals surface area contributed by atoms with Gasteiger partial charge >= 0.3 is 11.9 Å². The van der Waals surface area contributed by atoms with Crippen LogP contribution in [-0.2, 0) is 19.1 Å². The summed E-state index contributed by atoms with van der Waals surface area (Å²) in [5.41, 5.74) is -0.0371. The van der Waals surface area contributed by atoms with Crippen LogP contribution in [0.15, 0.2) is 24.3 Å². The van der Waals surface area contributed by atoms with Crippen LogP contribution in [0.1, 0.15) is 117 Å². The highest BCUT2D eigenvalue weighted by Crippen LogP contribution is 2.44. The van der Waals surface area contributed by atoms with Crippen molar-refractivity contribution >= 4 is 11.9 Å². The fourth-order valence-electron chi connectivity index (χ4n) is 6.38. The van der Waals surface area contributed by atoms with Gasteiger partial charge < -0.3 is 14.6 Å². The highest BCUT2D eigenvalue weighted by Gasteiger charge is 2.35. The molecule has 0 saturated heterocycles. The molecule has 0 spiro atoms. The molecule has 0 aliphatic heterocycles. The lowest BCUT2D eigenvalue weighted by Crippen LogP contribution is -2.35. The average molecular weight is 519 g/mol. The number of esters is 2. The zero-order valence-electron chi connectivity index (χ0n) is 24.0. The fourth-order valence-corrected chi connectivity index (χ4v) is 6.38. The first kappa shape index (κ1) is 31.6. The number of rotatable bonds is 16. The molecule has 0 heterocycles. The van der Waals surface area contributed by atoms with E-state index in [4.69, 9.17) is 9.47 Å². The van der Waals surface area contributed by atoms with Crippen molar-refractivity contribution in [1.82, 2.24) is 0 Å². The Labute approximate surface area is 226 Å². The van der Waals surface area contributed by atoms with Crippen LogP contribution in [-0.4, -0.2) is 36.9 Å². The van der Waals surface area contributed by atoms with E-state index in [9.17, 15) is 14.7 Å². The van der Waals surface area contributed by atoms with E-state index in [2.05, 4.69) is 27.0 Å². The highest BCUT2D eigenvalue weighted by atomic mass is 16.5. The molecule has 0 aromatic heterocycles. The summed E-state index contributed by atoms with van der Waals surface area (Å²) >= 11 is 0. The van der Waals surface area contributed by atoms with Gasteiger partial charge in [0.2, 0.25) is 0 Å². The minimum absolute atomic E-state index is 0.0391. The minimum Gasteiger partial charge on any atom is -0.462 e. The minimum atomic E-state index is -0.591. The monoisotopic (exact) mass is 518 g/mol. The molecule has 0 amide bonds. The third-order valence-electron chi connectivity index (χ3n) is 9.35. The summed E-state index contributed by atoms with van der Waals surface area (Å²) in [5.74, 6) is 2.47. The number of hydrogen-bond donors (Lipinski definition) is 1. The molecule has 0 aromatic carbocycles. The van der Waals surface area contributed by atoms with Gasteiger partial charge in [-0.15, -0.1) is 0 Å². The number of carbonyl (C=O) groups is 2. The molecule has 2 rings (SSSR count). The normalized spacial score (nSPS) is 25.6. The van der Waals surface area contributed by atoms with E-state index in [0.717, 1.165) is 37.0 Å². The van der Waals surface area contributed by atoms with E-state index in [1.807, 2.05) is 0 Å². The molecule has 5 nitrogen and oxygen atoms in total. The lowest BCUT2D eigenvalue weighted by atomic mass is 9.67. The maximum Gasteiger partial charge on any atom is 0.335 e. The molecule has 2 fully saturated rings. The molecule has 1 N–H and O–H groups in total. The van der Waals surface area contributed by atoms with Crippen molar-refractivity contribution in [2.24, 2.45) is 29.1 Å². The fraction of sp³-hybridized carbons (Fsp3) is 0.812. The molecular weight excluding hydrogens is 464 g/mol. The Kier molecular flexibility index (Phi) is 14.0. The molecule has 37 heavy (non-hydrogen) atoms. The van der Waals surface area contributed by atoms with Gasteiger partial charge in [0, 0.05) is 11.0 Å². The second kappa shape index (κ2) is 16.4. The van der Waals surface area contributed by atoms with Crippen LogP contribution in [0.5, 0.6) is 0 Å². The number of carbonyl (C=O) groups excluding carboxylic acids is 2. The average Bonchev–Trinajstić information content (AvgIpc) is 2.92. The van der Waals surface area contributed by atoms with Crippen LogP contribution in [0.25, 0.3) is 0 Å². The zero-order valence-corrected chi connectivity index (χ0v) is 24.0. The Bertz CT molecular complexity index is 727. The van der Waals surface area contributed by atoms with Gasteiger partial charge in [-0.1, -0.05) is 78.4 Å². The molecule has 212 valence electrons. The maximum atomic E-state index is 12.2. The van der Waals surface area contributed by atoms with Gasteiger partial charge in [0.1, 0.15) is 13.2 Å². The zero-order chi connectivity index (χ0) is 27.3. The Hall–Kier alpha value is -1.62. The maximum absolute atomic E-state index is 12.2. The van der Waals surface area contributed by atoms with Crippen molar-refractivity contribution in [3.63, 3.8) is 0 Å². The van der Waals surface area contributed by atoms with E-state index in [0.29, 0.717) is 11.5 Å². The molecule has 2 saturated carbocycles. The molecule has 2 aliphatic rings. The first-order valence-electron chi connectivity index (χ1n) is 15.0. The molecule has 1 atom stereocenters. The third-order valence-corrected chi connectivity index (χ3v) is 9.35.